The number of ketones is 1. The van der Waals surface area contributed by atoms with E-state index in [1.807, 2.05) is 52.0 Å². The van der Waals surface area contributed by atoms with Gasteiger partial charge in [-0.25, -0.2) is 0 Å². The molecule has 1 amide bonds. The van der Waals surface area contributed by atoms with Crippen LogP contribution in [0, 0.1) is 6.92 Å². The van der Waals surface area contributed by atoms with Gasteiger partial charge in [-0.05, 0) is 79.8 Å². The van der Waals surface area contributed by atoms with Crippen molar-refractivity contribution in [2.45, 2.75) is 53.0 Å². The average molecular weight is 543 g/mol. The maximum Gasteiger partial charge on any atom is 0.300 e. The second-order valence-electron chi connectivity index (χ2n) is 11.1. The first kappa shape index (κ1) is 28.7. The summed E-state index contributed by atoms with van der Waals surface area (Å²) in [6.07, 6.45) is 0. The molecule has 0 radical (unpaired) electrons. The summed E-state index contributed by atoms with van der Waals surface area (Å²) in [6.45, 7) is 13.8. The van der Waals surface area contributed by atoms with Gasteiger partial charge in [-0.3, -0.25) is 14.5 Å². The van der Waals surface area contributed by atoms with Gasteiger partial charge in [0.05, 0.1) is 24.4 Å². The quantitative estimate of drug-likeness (QED) is 0.202. The average Bonchev–Trinajstić information content (AvgIpc) is 3.19. The fourth-order valence-corrected chi connectivity index (χ4v) is 5.28. The monoisotopic (exact) mass is 542 g/mol. The number of rotatable bonds is 7. The van der Waals surface area contributed by atoms with Crippen LogP contribution in [0.2, 0.25) is 0 Å². The number of amides is 1. The van der Waals surface area contributed by atoms with E-state index < -0.39 is 17.7 Å². The molecule has 0 saturated carbocycles. The molecule has 3 aromatic carbocycles. The summed E-state index contributed by atoms with van der Waals surface area (Å²) in [4.78, 5) is 30.7. The van der Waals surface area contributed by atoms with E-state index in [0.29, 0.717) is 16.9 Å². The number of aromatic hydroxyl groups is 1. The summed E-state index contributed by atoms with van der Waals surface area (Å²) < 4.78 is 5.55. The third kappa shape index (κ3) is 5.16. The van der Waals surface area contributed by atoms with Gasteiger partial charge in [-0.15, -0.1) is 0 Å². The zero-order valence-electron chi connectivity index (χ0n) is 24.3. The summed E-state index contributed by atoms with van der Waals surface area (Å²) >= 11 is 0. The number of ether oxygens (including phenoxy) is 1. The Morgan fingerprint density at radius 3 is 2.20 bits per heavy atom. The summed E-state index contributed by atoms with van der Waals surface area (Å²) in [7, 11) is 1.59. The third-order valence-electron chi connectivity index (χ3n) is 7.45. The van der Waals surface area contributed by atoms with Gasteiger partial charge in [0.15, 0.2) is 0 Å². The van der Waals surface area contributed by atoms with Crippen molar-refractivity contribution in [2.24, 2.45) is 0 Å². The molecule has 1 heterocycles. The zero-order chi connectivity index (χ0) is 29.4. The molecular formula is C33H38N2O5. The van der Waals surface area contributed by atoms with Crippen LogP contribution in [0.3, 0.4) is 0 Å². The van der Waals surface area contributed by atoms with Crippen molar-refractivity contribution in [3.8, 4) is 11.5 Å². The number of Topliss-reactive ketones (excluding diaryl/α,β-unsaturated/α-hetero) is 1. The first-order valence-electron chi connectivity index (χ1n) is 13.6. The molecule has 3 aromatic rings. The van der Waals surface area contributed by atoms with Gasteiger partial charge in [0.1, 0.15) is 17.3 Å². The van der Waals surface area contributed by atoms with Gasteiger partial charge in [0.25, 0.3) is 11.7 Å². The number of methoxy groups -OCH3 is 1. The highest BCUT2D eigenvalue weighted by atomic mass is 16.5. The highest BCUT2D eigenvalue weighted by Gasteiger charge is 2.47. The van der Waals surface area contributed by atoms with Crippen LogP contribution in [0.15, 0.2) is 66.2 Å². The molecule has 1 saturated heterocycles. The molecule has 4 rings (SSSR count). The molecule has 0 spiro atoms. The lowest BCUT2D eigenvalue weighted by Crippen LogP contribution is -2.29. The van der Waals surface area contributed by atoms with Crippen molar-refractivity contribution >= 4 is 28.8 Å². The fraction of sp³-hybridized carbons (Fsp3) is 0.333. The Kier molecular flexibility index (Phi) is 7.96. The van der Waals surface area contributed by atoms with Gasteiger partial charge in [0, 0.05) is 29.9 Å². The molecule has 0 aliphatic carbocycles. The van der Waals surface area contributed by atoms with Gasteiger partial charge < -0.3 is 19.8 Å². The van der Waals surface area contributed by atoms with E-state index in [1.165, 1.54) is 11.0 Å². The molecule has 7 heteroatoms. The van der Waals surface area contributed by atoms with Crippen LogP contribution in [-0.2, 0) is 15.0 Å². The number of phenolic OH excluding ortho intramolecular Hbond substituents is 1. The number of nitrogens with zero attached hydrogens (tertiary/aromatic N) is 2. The normalized spacial score (nSPS) is 16.9. The molecule has 7 nitrogen and oxygen atoms in total. The number of benzene rings is 3. The molecule has 210 valence electrons. The minimum absolute atomic E-state index is 0.0356. The summed E-state index contributed by atoms with van der Waals surface area (Å²) in [5.74, 6) is -1.37. The third-order valence-corrected chi connectivity index (χ3v) is 7.45. The van der Waals surface area contributed by atoms with Crippen LogP contribution in [0.1, 0.15) is 62.9 Å². The largest absolute Gasteiger partial charge is 0.507 e. The van der Waals surface area contributed by atoms with Crippen LogP contribution >= 0.6 is 0 Å². The van der Waals surface area contributed by atoms with Crippen LogP contribution < -0.4 is 14.5 Å². The Morgan fingerprint density at radius 2 is 1.62 bits per heavy atom. The van der Waals surface area contributed by atoms with Crippen molar-refractivity contribution in [1.82, 2.24) is 0 Å². The van der Waals surface area contributed by atoms with Crippen molar-refractivity contribution in [1.29, 1.82) is 0 Å². The van der Waals surface area contributed by atoms with E-state index in [2.05, 4.69) is 18.7 Å². The van der Waals surface area contributed by atoms with Gasteiger partial charge in [0.2, 0.25) is 0 Å². The number of aliphatic hydroxyl groups is 1. The number of aryl methyl sites for hydroxylation is 1. The minimum atomic E-state index is -0.946. The second kappa shape index (κ2) is 11.1. The lowest BCUT2D eigenvalue weighted by molar-refractivity contribution is -0.132. The van der Waals surface area contributed by atoms with Crippen LogP contribution in [0.4, 0.5) is 11.4 Å². The molecule has 0 aromatic heterocycles. The van der Waals surface area contributed by atoms with Crippen molar-refractivity contribution in [2.75, 3.05) is 30.0 Å². The van der Waals surface area contributed by atoms with Crippen molar-refractivity contribution in [3.63, 3.8) is 0 Å². The van der Waals surface area contributed by atoms with Gasteiger partial charge in [-0.2, -0.15) is 0 Å². The molecule has 1 atom stereocenters. The number of hydrogen-bond acceptors (Lipinski definition) is 6. The highest BCUT2D eigenvalue weighted by molar-refractivity contribution is 6.52. The van der Waals surface area contributed by atoms with E-state index in [1.54, 1.807) is 37.4 Å². The van der Waals surface area contributed by atoms with E-state index in [0.717, 1.165) is 29.9 Å². The fourth-order valence-electron chi connectivity index (χ4n) is 5.28. The number of phenols is 1. The molecule has 1 aliphatic heterocycles. The first-order valence-corrected chi connectivity index (χ1v) is 13.6. The standard InChI is InChI=1S/C33H38N2O5/c1-8-34(9-2)23-14-11-21(12-15-23)29-28(30(37)22-13-17-27(40-7)24(19-22)33(4,5)6)31(38)32(39)35(29)25-18-20(3)10-16-26(25)36/h10-19,29,36-37H,8-9H2,1-7H3/b30-28-. The number of carbonyl (C=O) groups excluding carboxylic acids is 2. The first-order chi connectivity index (χ1) is 18.9. The number of carbonyl (C=O) groups is 2. The number of anilines is 2. The van der Waals surface area contributed by atoms with E-state index in [4.69, 9.17) is 4.74 Å². The Balaban J connectivity index is 1.96. The van der Waals surface area contributed by atoms with E-state index >= 15 is 0 Å². The Bertz CT molecular complexity index is 1460. The summed E-state index contributed by atoms with van der Waals surface area (Å²) in [5.41, 5.74) is 3.59. The molecule has 40 heavy (non-hydrogen) atoms. The second-order valence-corrected chi connectivity index (χ2v) is 11.1. The van der Waals surface area contributed by atoms with Gasteiger partial charge in [-0.1, -0.05) is 39.0 Å². The topological polar surface area (TPSA) is 90.3 Å². The molecule has 2 N–H and O–H groups in total. The van der Waals surface area contributed by atoms with Crippen molar-refractivity contribution < 1.29 is 24.5 Å². The zero-order valence-corrected chi connectivity index (χ0v) is 24.3. The molecule has 1 fully saturated rings. The molecule has 0 bridgehead atoms. The van der Waals surface area contributed by atoms with Crippen LogP contribution in [-0.4, -0.2) is 42.1 Å². The summed E-state index contributed by atoms with van der Waals surface area (Å²) in [5, 5.41) is 22.4. The number of hydrogen-bond donors (Lipinski definition) is 2. The highest BCUT2D eigenvalue weighted by Crippen LogP contribution is 2.46. The lowest BCUT2D eigenvalue weighted by atomic mass is 9.84. The Labute approximate surface area is 236 Å². The predicted octanol–water partition coefficient (Wildman–Crippen LogP) is 6.48. The maximum atomic E-state index is 13.6. The summed E-state index contributed by atoms with van der Waals surface area (Å²) in [6, 6.07) is 16.8. The predicted molar refractivity (Wildman–Crippen MR) is 159 cm³/mol. The van der Waals surface area contributed by atoms with E-state index in [-0.39, 0.29) is 28.2 Å². The van der Waals surface area contributed by atoms with Gasteiger partial charge >= 0.3 is 0 Å². The lowest BCUT2D eigenvalue weighted by Gasteiger charge is -2.27. The Hall–Kier alpha value is -4.26. The SMILES string of the molecule is CCN(CC)c1ccc(C2/C(=C(/O)c3ccc(OC)c(C(C)(C)C)c3)C(=O)C(=O)N2c2cc(C)ccc2O)cc1. The number of aliphatic hydroxyl groups excluding tert-OH is 1. The van der Waals surface area contributed by atoms with Crippen molar-refractivity contribution in [3.05, 3.63) is 88.5 Å². The minimum Gasteiger partial charge on any atom is -0.507 e. The molecule has 1 unspecified atom stereocenters. The smallest absolute Gasteiger partial charge is 0.300 e. The Morgan fingerprint density at radius 1 is 0.975 bits per heavy atom. The van der Waals surface area contributed by atoms with Crippen LogP contribution in [0.5, 0.6) is 11.5 Å². The maximum absolute atomic E-state index is 13.6. The molecular weight excluding hydrogens is 504 g/mol. The van der Waals surface area contributed by atoms with E-state index in [9.17, 15) is 19.8 Å². The molecule has 1 aliphatic rings. The van der Waals surface area contributed by atoms with Crippen LogP contribution in [0.25, 0.3) is 5.76 Å².